The standard InChI is InChI=1S/C25H26FN3O5/c1-27-22(30)9-15-8-18-19(24(15)31)10-16(11-20(18)26)29-7-6-21(25(29)32)34-17-4-5-23(28-12-17)33-13-14-2-3-14/h4-5,10-12,14-15,21H,2-3,6-9,13H2,1H3,(H,27,30)/t15?,21-/m1/s1. The van der Waals surface area contributed by atoms with E-state index in [4.69, 9.17) is 9.47 Å². The molecule has 1 unspecified atom stereocenters. The maximum absolute atomic E-state index is 14.9. The molecule has 9 heteroatoms. The molecule has 1 aromatic heterocycles. The molecular formula is C25H26FN3O5. The van der Waals surface area contributed by atoms with Gasteiger partial charge < -0.3 is 19.7 Å². The van der Waals surface area contributed by atoms with Gasteiger partial charge in [0.1, 0.15) is 11.6 Å². The Morgan fingerprint density at radius 3 is 2.76 bits per heavy atom. The van der Waals surface area contributed by atoms with Crippen LogP contribution < -0.4 is 19.7 Å². The minimum absolute atomic E-state index is 0.00971. The third-order valence-electron chi connectivity index (χ3n) is 6.60. The van der Waals surface area contributed by atoms with Crippen molar-refractivity contribution in [2.24, 2.45) is 11.8 Å². The maximum Gasteiger partial charge on any atom is 0.268 e. The Hall–Kier alpha value is -3.49. The van der Waals surface area contributed by atoms with Gasteiger partial charge >= 0.3 is 0 Å². The average Bonchev–Trinajstić information content (AvgIpc) is 3.53. The smallest absolute Gasteiger partial charge is 0.268 e. The summed E-state index contributed by atoms with van der Waals surface area (Å²) in [6.07, 6.45) is 3.80. The summed E-state index contributed by atoms with van der Waals surface area (Å²) < 4.78 is 26.3. The Morgan fingerprint density at radius 2 is 2.06 bits per heavy atom. The summed E-state index contributed by atoms with van der Waals surface area (Å²) in [6.45, 7) is 1.00. The molecule has 2 aromatic rings. The summed E-state index contributed by atoms with van der Waals surface area (Å²) in [4.78, 5) is 43.1. The summed E-state index contributed by atoms with van der Waals surface area (Å²) in [7, 11) is 1.50. The normalized spacial score (nSPS) is 21.5. The summed E-state index contributed by atoms with van der Waals surface area (Å²) in [6, 6.07) is 6.26. The van der Waals surface area contributed by atoms with Gasteiger partial charge in [-0.2, -0.15) is 0 Å². The van der Waals surface area contributed by atoms with Gasteiger partial charge in [0.2, 0.25) is 11.8 Å². The van der Waals surface area contributed by atoms with E-state index in [0.717, 1.165) is 0 Å². The SMILES string of the molecule is CNC(=O)CC1Cc2c(F)cc(N3CC[C@@H](Oc4ccc(OCC5CC5)nc4)C3=O)cc2C1=O. The molecule has 1 saturated heterocycles. The predicted molar refractivity (Wildman–Crippen MR) is 120 cm³/mol. The molecule has 1 N–H and O–H groups in total. The van der Waals surface area contributed by atoms with Gasteiger partial charge in [-0.25, -0.2) is 9.37 Å². The zero-order valence-electron chi connectivity index (χ0n) is 18.9. The number of ether oxygens (including phenoxy) is 2. The summed E-state index contributed by atoms with van der Waals surface area (Å²) in [5.74, 6) is -0.371. The lowest BCUT2D eigenvalue weighted by atomic mass is 10.0. The highest BCUT2D eigenvalue weighted by Gasteiger charge is 2.38. The van der Waals surface area contributed by atoms with E-state index in [2.05, 4.69) is 10.3 Å². The van der Waals surface area contributed by atoms with Crippen LogP contribution in [0.5, 0.6) is 11.6 Å². The number of nitrogens with zero attached hydrogens (tertiary/aromatic N) is 2. The zero-order valence-corrected chi connectivity index (χ0v) is 18.9. The number of carbonyl (C=O) groups is 3. The van der Waals surface area contributed by atoms with Crippen LogP contribution in [0.25, 0.3) is 0 Å². The summed E-state index contributed by atoms with van der Waals surface area (Å²) >= 11 is 0. The van der Waals surface area contributed by atoms with Gasteiger partial charge in [0.15, 0.2) is 11.9 Å². The van der Waals surface area contributed by atoms with Crippen LogP contribution >= 0.6 is 0 Å². The number of anilines is 1. The molecule has 1 saturated carbocycles. The lowest BCUT2D eigenvalue weighted by molar-refractivity contribution is -0.123. The number of Topliss-reactive ketones (excluding diaryl/α,β-unsaturated/α-hetero) is 1. The number of ketones is 1. The van der Waals surface area contributed by atoms with E-state index in [1.807, 2.05) is 0 Å². The fourth-order valence-electron chi connectivity index (χ4n) is 4.45. The van der Waals surface area contributed by atoms with E-state index in [-0.39, 0.29) is 36.0 Å². The van der Waals surface area contributed by atoms with E-state index >= 15 is 0 Å². The van der Waals surface area contributed by atoms with Crippen molar-refractivity contribution in [2.45, 2.75) is 38.2 Å². The molecule has 5 rings (SSSR count). The molecule has 1 aliphatic heterocycles. The van der Waals surface area contributed by atoms with Gasteiger partial charge in [0, 0.05) is 49.7 Å². The monoisotopic (exact) mass is 467 g/mol. The summed E-state index contributed by atoms with van der Waals surface area (Å²) in [5.41, 5.74) is 0.868. The molecule has 2 amide bonds. The Labute approximate surface area is 196 Å². The van der Waals surface area contributed by atoms with Crippen LogP contribution in [0.15, 0.2) is 30.5 Å². The van der Waals surface area contributed by atoms with Gasteiger partial charge in [-0.05, 0) is 48.9 Å². The number of aromatic nitrogens is 1. The van der Waals surface area contributed by atoms with Gasteiger partial charge in [-0.3, -0.25) is 14.4 Å². The van der Waals surface area contributed by atoms with E-state index in [1.54, 1.807) is 18.2 Å². The van der Waals surface area contributed by atoms with Crippen LogP contribution in [0.2, 0.25) is 0 Å². The molecule has 2 fully saturated rings. The van der Waals surface area contributed by atoms with Crippen LogP contribution in [0.4, 0.5) is 10.1 Å². The van der Waals surface area contributed by atoms with Crippen molar-refractivity contribution >= 4 is 23.3 Å². The summed E-state index contributed by atoms with van der Waals surface area (Å²) in [5, 5.41) is 2.49. The van der Waals surface area contributed by atoms with E-state index in [1.165, 1.54) is 37.1 Å². The lowest BCUT2D eigenvalue weighted by Crippen LogP contribution is -2.32. The largest absolute Gasteiger partial charge is 0.479 e. The Bertz CT molecular complexity index is 1130. The maximum atomic E-state index is 14.9. The van der Waals surface area contributed by atoms with E-state index in [9.17, 15) is 18.8 Å². The van der Waals surface area contributed by atoms with Crippen LogP contribution in [0.3, 0.4) is 0 Å². The highest BCUT2D eigenvalue weighted by atomic mass is 19.1. The van der Waals surface area contributed by atoms with E-state index in [0.29, 0.717) is 48.4 Å². The number of hydrogen-bond donors (Lipinski definition) is 1. The molecule has 2 heterocycles. The minimum Gasteiger partial charge on any atom is -0.479 e. The van der Waals surface area contributed by atoms with E-state index < -0.39 is 17.8 Å². The van der Waals surface area contributed by atoms with Gasteiger partial charge in [-0.15, -0.1) is 0 Å². The lowest BCUT2D eigenvalue weighted by Gasteiger charge is -2.18. The molecule has 1 aromatic carbocycles. The van der Waals surface area contributed by atoms with Crippen LogP contribution in [-0.4, -0.2) is 48.9 Å². The third kappa shape index (κ3) is 4.47. The second-order valence-electron chi connectivity index (χ2n) is 9.07. The average molecular weight is 467 g/mol. The minimum atomic E-state index is -0.729. The molecule has 2 aliphatic carbocycles. The Balaban J connectivity index is 1.25. The number of nitrogens with one attached hydrogen (secondary N) is 1. The van der Waals surface area contributed by atoms with Crippen molar-refractivity contribution in [2.75, 3.05) is 25.1 Å². The molecular weight excluding hydrogens is 441 g/mol. The molecule has 8 nitrogen and oxygen atoms in total. The molecule has 3 aliphatic rings. The first-order valence-corrected chi connectivity index (χ1v) is 11.6. The van der Waals surface area contributed by atoms with Gasteiger partial charge in [-0.1, -0.05) is 0 Å². The molecule has 0 spiro atoms. The first kappa shape index (κ1) is 22.3. The Kier molecular flexibility index (Phi) is 5.93. The molecule has 34 heavy (non-hydrogen) atoms. The number of carbonyl (C=O) groups excluding carboxylic acids is 3. The number of fused-ring (bicyclic) bond motifs is 1. The van der Waals surface area contributed by atoms with Crippen molar-refractivity contribution in [3.63, 3.8) is 0 Å². The number of amides is 2. The van der Waals surface area contributed by atoms with Gasteiger partial charge in [0.05, 0.1) is 12.8 Å². The van der Waals surface area contributed by atoms with Crippen molar-refractivity contribution in [3.8, 4) is 11.6 Å². The van der Waals surface area contributed by atoms with Gasteiger partial charge in [0.25, 0.3) is 5.91 Å². The predicted octanol–water partition coefficient (Wildman–Crippen LogP) is 2.68. The third-order valence-corrected chi connectivity index (χ3v) is 6.60. The van der Waals surface area contributed by atoms with Crippen LogP contribution in [-0.2, 0) is 16.0 Å². The second-order valence-corrected chi connectivity index (χ2v) is 9.07. The highest BCUT2D eigenvalue weighted by molar-refractivity contribution is 6.06. The zero-order chi connectivity index (χ0) is 23.8. The van der Waals surface area contributed by atoms with Crippen molar-refractivity contribution in [1.29, 1.82) is 0 Å². The van der Waals surface area contributed by atoms with Crippen molar-refractivity contribution < 1.29 is 28.2 Å². The molecule has 0 radical (unpaired) electrons. The molecule has 178 valence electrons. The topological polar surface area (TPSA) is 97.8 Å². The second kappa shape index (κ2) is 9.04. The Morgan fingerprint density at radius 1 is 1.24 bits per heavy atom. The highest BCUT2D eigenvalue weighted by Crippen LogP contribution is 2.36. The first-order valence-electron chi connectivity index (χ1n) is 11.6. The van der Waals surface area contributed by atoms with Crippen molar-refractivity contribution in [3.05, 3.63) is 47.4 Å². The first-order chi connectivity index (χ1) is 16.4. The number of pyridine rings is 1. The van der Waals surface area contributed by atoms with Crippen LogP contribution in [0, 0.1) is 17.7 Å². The quantitative estimate of drug-likeness (QED) is 0.641. The fraction of sp³-hybridized carbons (Fsp3) is 0.440. The molecule has 2 atom stereocenters. The van der Waals surface area contributed by atoms with Crippen molar-refractivity contribution in [1.82, 2.24) is 10.3 Å². The number of halogens is 1. The molecule has 0 bridgehead atoms. The number of benzene rings is 1. The van der Waals surface area contributed by atoms with Crippen LogP contribution in [0.1, 0.15) is 41.6 Å². The fourth-order valence-corrected chi connectivity index (χ4v) is 4.45. The number of rotatable bonds is 8. The number of hydrogen-bond acceptors (Lipinski definition) is 6.